The highest BCUT2D eigenvalue weighted by Crippen LogP contribution is 2.29. The van der Waals surface area contributed by atoms with Crippen LogP contribution in [0.2, 0.25) is 0 Å². The van der Waals surface area contributed by atoms with Crippen molar-refractivity contribution in [2.45, 2.75) is 20.0 Å². The molecule has 112 valence electrons. The first-order chi connectivity index (χ1) is 10.2. The van der Waals surface area contributed by atoms with Gasteiger partial charge >= 0.3 is 0 Å². The van der Waals surface area contributed by atoms with E-state index in [4.69, 9.17) is 9.47 Å². The maximum Gasteiger partial charge on any atom is 0.162 e. The maximum atomic E-state index is 10.00. The average molecular weight is 287 g/mol. The summed E-state index contributed by atoms with van der Waals surface area (Å²) in [7, 11) is 1.55. The first kappa shape index (κ1) is 15.2. The third-order valence-electron chi connectivity index (χ3n) is 3.18. The van der Waals surface area contributed by atoms with E-state index >= 15 is 0 Å². The molecule has 0 aromatic heterocycles. The molecule has 0 atom stereocenters. The van der Waals surface area contributed by atoms with Crippen LogP contribution in [0.1, 0.15) is 18.1 Å². The molecule has 0 saturated carbocycles. The zero-order valence-electron chi connectivity index (χ0n) is 12.4. The second-order valence-corrected chi connectivity index (χ2v) is 4.65. The molecule has 0 aliphatic rings. The van der Waals surface area contributed by atoms with E-state index in [1.54, 1.807) is 13.2 Å². The molecule has 0 aliphatic heterocycles. The molecular weight excluding hydrogens is 266 g/mol. The van der Waals surface area contributed by atoms with E-state index in [2.05, 4.69) is 5.32 Å². The van der Waals surface area contributed by atoms with E-state index in [0.29, 0.717) is 18.9 Å². The Morgan fingerprint density at radius 2 is 1.81 bits per heavy atom. The molecule has 2 rings (SSSR count). The minimum absolute atomic E-state index is 0.194. The van der Waals surface area contributed by atoms with Gasteiger partial charge in [0.15, 0.2) is 11.5 Å². The van der Waals surface area contributed by atoms with Gasteiger partial charge in [-0.15, -0.1) is 0 Å². The zero-order valence-corrected chi connectivity index (χ0v) is 12.4. The normalized spacial score (nSPS) is 10.4. The third-order valence-corrected chi connectivity index (χ3v) is 3.18. The Hall–Kier alpha value is -2.20. The van der Waals surface area contributed by atoms with Crippen LogP contribution in [-0.4, -0.2) is 18.8 Å². The monoisotopic (exact) mass is 287 g/mol. The standard InChI is InChI=1S/C17H21NO3/c1-3-21-15-9-7-13(8-10-15)11-18-12-14-5-4-6-16(20-2)17(14)19/h4-10,18-19H,3,11-12H2,1-2H3. The van der Waals surface area contributed by atoms with Gasteiger partial charge in [-0.05, 0) is 30.7 Å². The van der Waals surface area contributed by atoms with Crippen molar-refractivity contribution in [2.24, 2.45) is 0 Å². The summed E-state index contributed by atoms with van der Waals surface area (Å²) in [6.07, 6.45) is 0. The summed E-state index contributed by atoms with van der Waals surface area (Å²) >= 11 is 0. The van der Waals surface area contributed by atoms with Crippen LogP contribution in [0.15, 0.2) is 42.5 Å². The van der Waals surface area contributed by atoms with Gasteiger partial charge in [-0.2, -0.15) is 0 Å². The number of methoxy groups -OCH3 is 1. The molecule has 0 heterocycles. The highest BCUT2D eigenvalue weighted by Gasteiger charge is 2.06. The number of para-hydroxylation sites is 1. The number of nitrogens with one attached hydrogen (secondary N) is 1. The van der Waals surface area contributed by atoms with Crippen molar-refractivity contribution < 1.29 is 14.6 Å². The SMILES string of the molecule is CCOc1ccc(CNCc2cccc(OC)c2O)cc1. The highest BCUT2D eigenvalue weighted by molar-refractivity contribution is 5.45. The van der Waals surface area contributed by atoms with Crippen LogP contribution in [0.25, 0.3) is 0 Å². The Morgan fingerprint density at radius 1 is 1.05 bits per heavy atom. The number of aromatic hydroxyl groups is 1. The van der Waals surface area contributed by atoms with Crippen LogP contribution in [0.5, 0.6) is 17.2 Å². The second kappa shape index (κ2) is 7.55. The molecule has 2 aromatic rings. The van der Waals surface area contributed by atoms with Gasteiger partial charge < -0.3 is 19.9 Å². The number of hydrogen-bond acceptors (Lipinski definition) is 4. The second-order valence-electron chi connectivity index (χ2n) is 4.65. The summed E-state index contributed by atoms with van der Waals surface area (Å²) < 4.78 is 10.5. The lowest BCUT2D eigenvalue weighted by Gasteiger charge is -2.10. The molecule has 0 aliphatic carbocycles. The van der Waals surface area contributed by atoms with Gasteiger partial charge in [0.2, 0.25) is 0 Å². The Balaban J connectivity index is 1.89. The minimum atomic E-state index is 0.194. The van der Waals surface area contributed by atoms with Gasteiger partial charge in [-0.1, -0.05) is 24.3 Å². The third kappa shape index (κ3) is 4.13. The van der Waals surface area contributed by atoms with Crippen LogP contribution in [-0.2, 0) is 13.1 Å². The molecule has 0 spiro atoms. The van der Waals surface area contributed by atoms with E-state index in [1.807, 2.05) is 43.3 Å². The van der Waals surface area contributed by atoms with E-state index < -0.39 is 0 Å². The zero-order chi connectivity index (χ0) is 15.1. The fraction of sp³-hybridized carbons (Fsp3) is 0.294. The predicted octanol–water partition coefficient (Wildman–Crippen LogP) is 3.09. The predicted molar refractivity (Wildman–Crippen MR) is 82.8 cm³/mol. The maximum absolute atomic E-state index is 10.00. The highest BCUT2D eigenvalue weighted by atomic mass is 16.5. The number of benzene rings is 2. The molecule has 0 bridgehead atoms. The fourth-order valence-electron chi connectivity index (χ4n) is 2.09. The number of phenolic OH excluding ortho intramolecular Hbond substituents is 1. The summed E-state index contributed by atoms with van der Waals surface area (Å²) in [5.41, 5.74) is 1.99. The molecule has 0 fully saturated rings. The molecule has 4 heteroatoms. The van der Waals surface area contributed by atoms with Gasteiger partial charge in [0, 0.05) is 18.7 Å². The van der Waals surface area contributed by atoms with Crippen molar-refractivity contribution in [2.75, 3.05) is 13.7 Å². The molecule has 0 saturated heterocycles. The number of hydrogen-bond donors (Lipinski definition) is 2. The molecule has 0 amide bonds. The quantitative estimate of drug-likeness (QED) is 0.821. The molecule has 0 radical (unpaired) electrons. The van der Waals surface area contributed by atoms with Crippen LogP contribution >= 0.6 is 0 Å². The first-order valence-electron chi connectivity index (χ1n) is 7.02. The Bertz CT molecular complexity index is 567. The largest absolute Gasteiger partial charge is 0.504 e. The van der Waals surface area contributed by atoms with Crippen molar-refractivity contribution >= 4 is 0 Å². The summed E-state index contributed by atoms with van der Waals surface area (Å²) in [6.45, 7) is 3.95. The molecule has 0 unspecified atom stereocenters. The van der Waals surface area contributed by atoms with Gasteiger partial charge in [0.1, 0.15) is 5.75 Å². The van der Waals surface area contributed by atoms with Crippen LogP contribution < -0.4 is 14.8 Å². The lowest BCUT2D eigenvalue weighted by molar-refractivity contribution is 0.340. The Kier molecular flexibility index (Phi) is 5.46. The summed E-state index contributed by atoms with van der Waals surface area (Å²) in [5, 5.41) is 13.3. The van der Waals surface area contributed by atoms with E-state index in [-0.39, 0.29) is 5.75 Å². The van der Waals surface area contributed by atoms with Gasteiger partial charge in [0.05, 0.1) is 13.7 Å². The van der Waals surface area contributed by atoms with E-state index in [1.165, 1.54) is 5.56 Å². The lowest BCUT2D eigenvalue weighted by Crippen LogP contribution is -2.12. The average Bonchev–Trinajstić information content (AvgIpc) is 2.51. The fourth-order valence-corrected chi connectivity index (χ4v) is 2.09. The van der Waals surface area contributed by atoms with E-state index in [9.17, 15) is 5.11 Å². The summed E-state index contributed by atoms with van der Waals surface area (Å²) in [5.74, 6) is 1.57. The first-order valence-corrected chi connectivity index (χ1v) is 7.02. The Morgan fingerprint density at radius 3 is 2.48 bits per heavy atom. The van der Waals surface area contributed by atoms with Crippen molar-refractivity contribution in [3.05, 3.63) is 53.6 Å². The lowest BCUT2D eigenvalue weighted by atomic mass is 10.1. The number of ether oxygens (including phenoxy) is 2. The number of rotatable bonds is 7. The topological polar surface area (TPSA) is 50.7 Å². The van der Waals surface area contributed by atoms with Crippen LogP contribution in [0, 0.1) is 0 Å². The number of phenols is 1. The molecular formula is C17H21NO3. The van der Waals surface area contributed by atoms with Crippen LogP contribution in [0.4, 0.5) is 0 Å². The minimum Gasteiger partial charge on any atom is -0.504 e. The van der Waals surface area contributed by atoms with Crippen molar-refractivity contribution in [1.82, 2.24) is 5.32 Å². The van der Waals surface area contributed by atoms with Gasteiger partial charge in [-0.25, -0.2) is 0 Å². The smallest absolute Gasteiger partial charge is 0.162 e. The van der Waals surface area contributed by atoms with Gasteiger partial charge in [0.25, 0.3) is 0 Å². The molecule has 21 heavy (non-hydrogen) atoms. The van der Waals surface area contributed by atoms with E-state index in [0.717, 1.165) is 17.9 Å². The van der Waals surface area contributed by atoms with Gasteiger partial charge in [-0.3, -0.25) is 0 Å². The van der Waals surface area contributed by atoms with Crippen molar-refractivity contribution in [1.29, 1.82) is 0 Å². The molecule has 4 nitrogen and oxygen atoms in total. The van der Waals surface area contributed by atoms with Crippen LogP contribution in [0.3, 0.4) is 0 Å². The summed E-state index contributed by atoms with van der Waals surface area (Å²) in [4.78, 5) is 0. The molecule has 2 N–H and O–H groups in total. The molecule has 2 aromatic carbocycles. The van der Waals surface area contributed by atoms with Crippen molar-refractivity contribution in [3.63, 3.8) is 0 Å². The van der Waals surface area contributed by atoms with Crippen molar-refractivity contribution in [3.8, 4) is 17.2 Å². The summed E-state index contributed by atoms with van der Waals surface area (Å²) in [6, 6.07) is 13.5. The Labute approximate surface area is 125 Å².